The quantitative estimate of drug-likeness (QED) is 0.579. The van der Waals surface area contributed by atoms with Crippen molar-refractivity contribution in [2.45, 2.75) is 32.7 Å². The minimum absolute atomic E-state index is 0.0640. The fourth-order valence-corrected chi connectivity index (χ4v) is 4.15. The molecule has 0 N–H and O–H groups in total. The van der Waals surface area contributed by atoms with Crippen molar-refractivity contribution in [1.82, 2.24) is 15.1 Å². The Labute approximate surface area is 184 Å². The number of hydrogen-bond acceptors (Lipinski definition) is 4. The molecule has 5 nitrogen and oxygen atoms in total. The largest absolute Gasteiger partial charge is 0.355 e. The fourth-order valence-electron chi connectivity index (χ4n) is 4.15. The third-order valence-electron chi connectivity index (χ3n) is 5.99. The van der Waals surface area contributed by atoms with Gasteiger partial charge in [-0.15, -0.1) is 5.10 Å². The smallest absolute Gasteiger partial charge is 0.226 e. The summed E-state index contributed by atoms with van der Waals surface area (Å²) < 4.78 is 0. The first-order valence-corrected chi connectivity index (χ1v) is 11.1. The number of hydrogen-bond donors (Lipinski definition) is 0. The molecule has 5 heteroatoms. The summed E-state index contributed by atoms with van der Waals surface area (Å²) in [4.78, 5) is 17.8. The monoisotopic (exact) mass is 414 g/mol. The first-order valence-electron chi connectivity index (χ1n) is 11.1. The lowest BCUT2D eigenvalue weighted by atomic mass is 9.94. The SMILES string of the molecule is Cc1ccc(N2CCC(C(=O)N(CCc3ccccc3)Cc3ccccc3)CC2)nn1. The number of carbonyl (C=O) groups is 1. The van der Waals surface area contributed by atoms with E-state index in [2.05, 4.69) is 51.5 Å². The van der Waals surface area contributed by atoms with Gasteiger partial charge in [-0.2, -0.15) is 5.10 Å². The molecule has 0 aliphatic carbocycles. The molecule has 2 aromatic carbocycles. The second-order valence-electron chi connectivity index (χ2n) is 8.28. The summed E-state index contributed by atoms with van der Waals surface area (Å²) in [6.07, 6.45) is 2.58. The average Bonchev–Trinajstić information content (AvgIpc) is 2.83. The van der Waals surface area contributed by atoms with Gasteiger partial charge in [0, 0.05) is 32.1 Å². The van der Waals surface area contributed by atoms with E-state index in [1.807, 2.05) is 48.2 Å². The fraction of sp³-hybridized carbons (Fsp3) is 0.346. The Kier molecular flexibility index (Phi) is 6.92. The lowest BCUT2D eigenvalue weighted by Crippen LogP contribution is -2.43. The van der Waals surface area contributed by atoms with Gasteiger partial charge < -0.3 is 9.80 Å². The van der Waals surface area contributed by atoms with E-state index >= 15 is 0 Å². The predicted molar refractivity (Wildman–Crippen MR) is 124 cm³/mol. The number of nitrogens with zero attached hydrogens (tertiary/aromatic N) is 4. The van der Waals surface area contributed by atoms with Crippen LogP contribution in [0.2, 0.25) is 0 Å². The molecule has 1 saturated heterocycles. The Morgan fingerprint density at radius 3 is 2.16 bits per heavy atom. The number of aromatic nitrogens is 2. The maximum absolute atomic E-state index is 13.5. The van der Waals surface area contributed by atoms with Crippen LogP contribution in [0.25, 0.3) is 0 Å². The van der Waals surface area contributed by atoms with E-state index in [0.717, 1.165) is 50.4 Å². The van der Waals surface area contributed by atoms with Crippen LogP contribution < -0.4 is 4.90 Å². The highest BCUT2D eigenvalue weighted by atomic mass is 16.2. The molecule has 0 atom stereocenters. The second kappa shape index (κ2) is 10.2. The Morgan fingerprint density at radius 1 is 0.903 bits per heavy atom. The molecule has 3 aromatic rings. The average molecular weight is 415 g/mol. The topological polar surface area (TPSA) is 49.3 Å². The molecule has 1 aliphatic heterocycles. The van der Waals surface area contributed by atoms with Gasteiger partial charge in [0.15, 0.2) is 5.82 Å². The van der Waals surface area contributed by atoms with Gasteiger partial charge in [-0.3, -0.25) is 4.79 Å². The van der Waals surface area contributed by atoms with E-state index in [9.17, 15) is 4.79 Å². The van der Waals surface area contributed by atoms with Crippen molar-refractivity contribution in [3.8, 4) is 0 Å². The number of rotatable bonds is 7. The first kappa shape index (κ1) is 21.0. The summed E-state index contributed by atoms with van der Waals surface area (Å²) in [6, 6.07) is 24.7. The van der Waals surface area contributed by atoms with E-state index in [0.29, 0.717) is 6.54 Å². The predicted octanol–water partition coefficient (Wildman–Crippen LogP) is 4.27. The number of piperidine rings is 1. The molecule has 0 saturated carbocycles. The van der Waals surface area contributed by atoms with Gasteiger partial charge in [-0.05, 0) is 49.4 Å². The molecule has 1 fully saturated rings. The lowest BCUT2D eigenvalue weighted by Gasteiger charge is -2.34. The van der Waals surface area contributed by atoms with Crippen LogP contribution in [0.4, 0.5) is 5.82 Å². The zero-order valence-corrected chi connectivity index (χ0v) is 18.2. The van der Waals surface area contributed by atoms with Gasteiger partial charge in [-0.1, -0.05) is 60.7 Å². The minimum atomic E-state index is 0.0640. The van der Waals surface area contributed by atoms with E-state index in [1.54, 1.807) is 0 Å². The van der Waals surface area contributed by atoms with Crippen molar-refractivity contribution >= 4 is 11.7 Å². The van der Waals surface area contributed by atoms with Gasteiger partial charge in [0.05, 0.1) is 5.69 Å². The summed E-state index contributed by atoms with van der Waals surface area (Å²) in [5, 5.41) is 8.48. The maximum Gasteiger partial charge on any atom is 0.226 e. The van der Waals surface area contributed by atoms with Gasteiger partial charge >= 0.3 is 0 Å². The lowest BCUT2D eigenvalue weighted by molar-refractivity contribution is -0.136. The molecule has 0 unspecified atom stereocenters. The highest BCUT2D eigenvalue weighted by Crippen LogP contribution is 2.24. The van der Waals surface area contributed by atoms with Gasteiger partial charge in [-0.25, -0.2) is 0 Å². The van der Waals surface area contributed by atoms with E-state index < -0.39 is 0 Å². The van der Waals surface area contributed by atoms with Crippen LogP contribution in [0.1, 0.15) is 29.7 Å². The van der Waals surface area contributed by atoms with Crippen LogP contribution in [0.3, 0.4) is 0 Å². The van der Waals surface area contributed by atoms with Crippen molar-refractivity contribution in [3.63, 3.8) is 0 Å². The van der Waals surface area contributed by atoms with Crippen molar-refractivity contribution < 1.29 is 4.79 Å². The van der Waals surface area contributed by atoms with Crippen LogP contribution in [-0.4, -0.2) is 40.6 Å². The summed E-state index contributed by atoms with van der Waals surface area (Å²) in [6.45, 7) is 5.02. The number of amides is 1. The molecule has 1 aromatic heterocycles. The molecule has 1 aliphatic rings. The van der Waals surface area contributed by atoms with Crippen molar-refractivity contribution in [3.05, 3.63) is 89.6 Å². The Hall–Kier alpha value is -3.21. The van der Waals surface area contributed by atoms with Crippen molar-refractivity contribution in [2.75, 3.05) is 24.5 Å². The normalized spacial score (nSPS) is 14.4. The van der Waals surface area contributed by atoms with E-state index in [4.69, 9.17) is 0 Å². The Morgan fingerprint density at radius 2 is 1.55 bits per heavy atom. The highest BCUT2D eigenvalue weighted by Gasteiger charge is 2.29. The highest BCUT2D eigenvalue weighted by molar-refractivity contribution is 5.79. The molecule has 1 amide bonds. The number of anilines is 1. The van der Waals surface area contributed by atoms with Crippen LogP contribution in [0, 0.1) is 12.8 Å². The summed E-state index contributed by atoms with van der Waals surface area (Å²) in [5.74, 6) is 1.24. The molecule has 160 valence electrons. The maximum atomic E-state index is 13.5. The third kappa shape index (κ3) is 5.69. The van der Waals surface area contributed by atoms with Gasteiger partial charge in [0.2, 0.25) is 5.91 Å². The Balaban J connectivity index is 1.40. The summed E-state index contributed by atoms with van der Waals surface area (Å²) in [7, 11) is 0. The van der Waals surface area contributed by atoms with Crippen molar-refractivity contribution in [2.24, 2.45) is 5.92 Å². The molecule has 0 radical (unpaired) electrons. The molecular weight excluding hydrogens is 384 g/mol. The Bertz CT molecular complexity index is 952. The van der Waals surface area contributed by atoms with Crippen LogP contribution in [0.15, 0.2) is 72.8 Å². The first-order chi connectivity index (χ1) is 15.2. The molecular formula is C26H30N4O. The minimum Gasteiger partial charge on any atom is -0.355 e. The van der Waals surface area contributed by atoms with Crippen molar-refractivity contribution in [1.29, 1.82) is 0 Å². The van der Waals surface area contributed by atoms with Crippen LogP contribution >= 0.6 is 0 Å². The summed E-state index contributed by atoms with van der Waals surface area (Å²) >= 11 is 0. The third-order valence-corrected chi connectivity index (χ3v) is 5.99. The molecule has 31 heavy (non-hydrogen) atoms. The standard InChI is InChI=1S/C26H30N4O/c1-21-12-13-25(28-27-21)29-18-15-24(16-19-29)26(31)30(20-23-10-6-3-7-11-23)17-14-22-8-4-2-5-9-22/h2-13,24H,14-20H2,1H3. The van der Waals surface area contributed by atoms with E-state index in [1.165, 1.54) is 11.1 Å². The van der Waals surface area contributed by atoms with Gasteiger partial charge in [0.25, 0.3) is 0 Å². The number of carbonyl (C=O) groups excluding carboxylic acids is 1. The van der Waals surface area contributed by atoms with E-state index in [-0.39, 0.29) is 11.8 Å². The molecule has 0 bridgehead atoms. The van der Waals surface area contributed by atoms with Crippen LogP contribution in [-0.2, 0) is 17.8 Å². The van der Waals surface area contributed by atoms with Crippen LogP contribution in [0.5, 0.6) is 0 Å². The number of benzene rings is 2. The molecule has 2 heterocycles. The zero-order valence-electron chi connectivity index (χ0n) is 18.2. The zero-order chi connectivity index (χ0) is 21.5. The summed E-state index contributed by atoms with van der Waals surface area (Å²) in [5.41, 5.74) is 3.36. The number of aryl methyl sites for hydroxylation is 1. The molecule has 4 rings (SSSR count). The van der Waals surface area contributed by atoms with Gasteiger partial charge in [0.1, 0.15) is 0 Å². The second-order valence-corrected chi connectivity index (χ2v) is 8.28. The molecule has 0 spiro atoms.